The molecule has 1 N–H and O–H groups in total. The molecule has 1 aromatic rings. The molecule has 1 unspecified atom stereocenters. The van der Waals surface area contributed by atoms with E-state index in [1.165, 1.54) is 23.3 Å². The molecule has 0 bridgehead atoms. The van der Waals surface area contributed by atoms with Gasteiger partial charge in [0.15, 0.2) is 0 Å². The lowest BCUT2D eigenvalue weighted by atomic mass is 9.88. The topological polar surface area (TPSA) is 21.3 Å². The van der Waals surface area contributed by atoms with E-state index in [2.05, 4.69) is 18.3 Å². The van der Waals surface area contributed by atoms with Crippen molar-refractivity contribution in [3.05, 3.63) is 20.8 Å². The van der Waals surface area contributed by atoms with E-state index in [0.29, 0.717) is 18.2 Å². The second kappa shape index (κ2) is 4.88. The number of halogens is 1. The summed E-state index contributed by atoms with van der Waals surface area (Å²) in [6, 6.07) is 3.31. The lowest BCUT2D eigenvalue weighted by molar-refractivity contribution is -0.0124. The van der Waals surface area contributed by atoms with E-state index in [1.54, 1.807) is 11.3 Å². The molecule has 1 fully saturated rings. The molecule has 1 atom stereocenters. The fourth-order valence-electron chi connectivity index (χ4n) is 2.86. The van der Waals surface area contributed by atoms with Crippen molar-refractivity contribution in [2.75, 3.05) is 6.61 Å². The van der Waals surface area contributed by atoms with Gasteiger partial charge < -0.3 is 10.1 Å². The maximum atomic E-state index is 6.06. The largest absolute Gasteiger partial charge is 0.378 e. The van der Waals surface area contributed by atoms with Gasteiger partial charge in [0.2, 0.25) is 0 Å². The Bertz CT molecular complexity index is 400. The van der Waals surface area contributed by atoms with Crippen molar-refractivity contribution in [2.24, 2.45) is 0 Å². The zero-order valence-electron chi connectivity index (χ0n) is 10.0. The zero-order valence-corrected chi connectivity index (χ0v) is 11.6. The Labute approximate surface area is 111 Å². The van der Waals surface area contributed by atoms with Gasteiger partial charge >= 0.3 is 0 Å². The maximum Gasteiger partial charge on any atom is 0.0934 e. The molecule has 17 heavy (non-hydrogen) atoms. The van der Waals surface area contributed by atoms with E-state index in [4.69, 9.17) is 16.3 Å². The Morgan fingerprint density at radius 3 is 3.12 bits per heavy atom. The number of rotatable bonds is 4. The lowest BCUT2D eigenvalue weighted by Gasteiger charge is -2.37. The van der Waals surface area contributed by atoms with Gasteiger partial charge in [0.05, 0.1) is 10.4 Å². The minimum absolute atomic E-state index is 0.490. The van der Waals surface area contributed by atoms with E-state index < -0.39 is 0 Å². The van der Waals surface area contributed by atoms with Crippen LogP contribution in [0.5, 0.6) is 0 Å². The molecule has 0 spiro atoms. The summed E-state index contributed by atoms with van der Waals surface area (Å²) >= 11 is 7.81. The van der Waals surface area contributed by atoms with E-state index in [0.717, 1.165) is 23.8 Å². The van der Waals surface area contributed by atoms with Crippen LogP contribution in [0.1, 0.15) is 42.7 Å². The Hall–Kier alpha value is -0.0900. The van der Waals surface area contributed by atoms with Crippen molar-refractivity contribution in [3.8, 4) is 0 Å². The third-order valence-corrected chi connectivity index (χ3v) is 5.12. The molecule has 2 aliphatic rings. The Kier molecular flexibility index (Phi) is 3.44. The fraction of sp³-hybridized carbons (Fsp3) is 0.692. The fourth-order valence-corrected chi connectivity index (χ4v) is 4.22. The third-order valence-electron chi connectivity index (χ3n) is 3.78. The van der Waals surface area contributed by atoms with Crippen molar-refractivity contribution in [1.82, 2.24) is 5.32 Å². The highest BCUT2D eigenvalue weighted by Gasteiger charge is 2.33. The monoisotopic (exact) mass is 271 g/mol. The molecule has 0 amide bonds. The van der Waals surface area contributed by atoms with Crippen LogP contribution in [0.15, 0.2) is 6.07 Å². The third kappa shape index (κ3) is 2.39. The summed E-state index contributed by atoms with van der Waals surface area (Å²) in [5, 5.41) is 3.74. The summed E-state index contributed by atoms with van der Waals surface area (Å²) in [6.07, 6.45) is 5.24. The molecule has 0 aromatic carbocycles. The van der Waals surface area contributed by atoms with E-state index in [-0.39, 0.29) is 0 Å². The Morgan fingerprint density at radius 2 is 2.35 bits per heavy atom. The van der Waals surface area contributed by atoms with E-state index in [9.17, 15) is 0 Å². The predicted molar refractivity (Wildman–Crippen MR) is 72.0 cm³/mol. The number of aryl methyl sites for hydroxylation is 1. The first-order valence-corrected chi connectivity index (χ1v) is 7.61. The van der Waals surface area contributed by atoms with Crippen LogP contribution >= 0.6 is 22.9 Å². The van der Waals surface area contributed by atoms with Gasteiger partial charge in [-0.3, -0.25) is 0 Å². The molecule has 0 saturated heterocycles. The molecular weight excluding hydrogens is 254 g/mol. The molecule has 0 aliphatic heterocycles. The highest BCUT2D eigenvalue weighted by Crippen LogP contribution is 2.40. The van der Waals surface area contributed by atoms with Crippen LogP contribution in [-0.2, 0) is 11.2 Å². The van der Waals surface area contributed by atoms with Gasteiger partial charge in [-0.25, -0.2) is 0 Å². The quantitative estimate of drug-likeness (QED) is 0.904. The van der Waals surface area contributed by atoms with Gasteiger partial charge in [-0.05, 0) is 44.2 Å². The van der Waals surface area contributed by atoms with Crippen molar-refractivity contribution in [3.63, 3.8) is 0 Å². The van der Waals surface area contributed by atoms with E-state index in [1.807, 2.05) is 0 Å². The van der Waals surface area contributed by atoms with Crippen LogP contribution in [0.4, 0.5) is 0 Å². The van der Waals surface area contributed by atoms with Gasteiger partial charge in [-0.1, -0.05) is 11.6 Å². The highest BCUT2D eigenvalue weighted by atomic mass is 35.5. The first-order chi connectivity index (χ1) is 8.26. The first kappa shape index (κ1) is 12.0. The Balaban J connectivity index is 1.54. The lowest BCUT2D eigenvalue weighted by Crippen LogP contribution is -2.46. The number of fused-ring (bicyclic) bond motifs is 1. The molecule has 1 heterocycles. The molecule has 94 valence electrons. The standard InChI is InChI=1S/C13H18ClNOS/c1-2-16-9-5-8(6-9)15-11-3-4-12-10(11)7-13(14)17-12/h7-9,11,15H,2-6H2,1H3. The maximum absolute atomic E-state index is 6.06. The van der Waals surface area contributed by atoms with Gasteiger partial charge in [-0.2, -0.15) is 0 Å². The summed E-state index contributed by atoms with van der Waals surface area (Å²) < 4.78 is 6.52. The summed E-state index contributed by atoms with van der Waals surface area (Å²) in [6.45, 7) is 2.91. The van der Waals surface area contributed by atoms with Crippen LogP contribution in [-0.4, -0.2) is 18.8 Å². The van der Waals surface area contributed by atoms with Crippen molar-refractivity contribution >= 4 is 22.9 Å². The minimum Gasteiger partial charge on any atom is -0.378 e. The summed E-state index contributed by atoms with van der Waals surface area (Å²) in [7, 11) is 0. The van der Waals surface area contributed by atoms with Gasteiger partial charge in [0.1, 0.15) is 0 Å². The highest BCUT2D eigenvalue weighted by molar-refractivity contribution is 7.16. The number of hydrogen-bond donors (Lipinski definition) is 1. The van der Waals surface area contributed by atoms with E-state index >= 15 is 0 Å². The molecule has 0 radical (unpaired) electrons. The molecule has 1 saturated carbocycles. The number of hydrogen-bond acceptors (Lipinski definition) is 3. The van der Waals surface area contributed by atoms with Crippen LogP contribution in [0, 0.1) is 0 Å². The second-order valence-corrected chi connectivity index (χ2v) is 6.70. The molecule has 1 aromatic heterocycles. The SMILES string of the molecule is CCOC1CC(NC2CCc3sc(Cl)cc32)C1. The molecule has 3 rings (SSSR count). The van der Waals surface area contributed by atoms with Crippen LogP contribution in [0.25, 0.3) is 0 Å². The summed E-state index contributed by atoms with van der Waals surface area (Å²) in [5.41, 5.74) is 1.44. The van der Waals surface area contributed by atoms with Gasteiger partial charge in [0.25, 0.3) is 0 Å². The van der Waals surface area contributed by atoms with Crippen LogP contribution < -0.4 is 5.32 Å². The minimum atomic E-state index is 0.490. The number of thiophene rings is 1. The number of ether oxygens (including phenoxy) is 1. The molecular formula is C13H18ClNOS. The summed E-state index contributed by atoms with van der Waals surface area (Å²) in [4.78, 5) is 1.48. The number of nitrogens with one attached hydrogen (secondary N) is 1. The van der Waals surface area contributed by atoms with Crippen molar-refractivity contribution in [2.45, 2.75) is 50.8 Å². The Morgan fingerprint density at radius 1 is 1.53 bits per heavy atom. The van der Waals surface area contributed by atoms with Gasteiger partial charge in [-0.15, -0.1) is 11.3 Å². The van der Waals surface area contributed by atoms with Crippen LogP contribution in [0.3, 0.4) is 0 Å². The van der Waals surface area contributed by atoms with Crippen LogP contribution in [0.2, 0.25) is 4.34 Å². The second-order valence-electron chi connectivity index (χ2n) is 4.93. The van der Waals surface area contributed by atoms with Crippen molar-refractivity contribution < 1.29 is 4.74 Å². The van der Waals surface area contributed by atoms with Gasteiger partial charge in [0, 0.05) is 23.6 Å². The molecule has 2 aliphatic carbocycles. The normalized spacial score (nSPS) is 31.3. The van der Waals surface area contributed by atoms with Crippen molar-refractivity contribution in [1.29, 1.82) is 0 Å². The average Bonchev–Trinajstić information content (AvgIpc) is 2.75. The average molecular weight is 272 g/mol. The molecule has 4 heteroatoms. The first-order valence-electron chi connectivity index (χ1n) is 6.42. The molecule has 2 nitrogen and oxygen atoms in total. The predicted octanol–water partition coefficient (Wildman–Crippen LogP) is 3.55. The summed E-state index contributed by atoms with van der Waals surface area (Å²) in [5.74, 6) is 0. The zero-order chi connectivity index (χ0) is 11.8. The smallest absolute Gasteiger partial charge is 0.0934 e.